The molecule has 1 unspecified atom stereocenters. The number of tetrazole rings is 1. The Kier molecular flexibility index (Phi) is 3.48. The lowest BCUT2D eigenvalue weighted by atomic mass is 9.75. The molecular weight excluding hydrogens is 262 g/mol. The van der Waals surface area contributed by atoms with Crippen LogP contribution in [0.2, 0.25) is 5.02 Å². The average molecular weight is 278 g/mol. The summed E-state index contributed by atoms with van der Waals surface area (Å²) >= 11 is 5.90. The molecule has 6 heteroatoms. The fraction of sp³-hybridized carbons (Fsp3) is 0.462. The molecule has 0 saturated heterocycles. The minimum Gasteiger partial charge on any atom is -0.305 e. The highest BCUT2D eigenvalue weighted by Gasteiger charge is 2.31. The number of halogens is 1. The molecule has 0 radical (unpaired) electrons. The number of aromatic amines is 1. The van der Waals surface area contributed by atoms with Crippen molar-refractivity contribution in [3.8, 4) is 0 Å². The second-order valence-electron chi connectivity index (χ2n) is 5.08. The van der Waals surface area contributed by atoms with Crippen molar-refractivity contribution in [3.05, 3.63) is 40.7 Å². The molecule has 1 aromatic carbocycles. The predicted octanol–water partition coefficient (Wildman–Crippen LogP) is 2.45. The van der Waals surface area contributed by atoms with E-state index in [4.69, 9.17) is 11.6 Å². The van der Waals surface area contributed by atoms with E-state index in [1.165, 1.54) is 5.56 Å². The van der Waals surface area contributed by atoms with Gasteiger partial charge in [-0.3, -0.25) is 0 Å². The number of hydrogen-bond acceptors (Lipinski definition) is 4. The molecule has 100 valence electrons. The second kappa shape index (κ2) is 5.27. The fourth-order valence-electron chi connectivity index (χ4n) is 2.54. The standard InChI is InChI=1S/C13H16ClN5/c1-8(13-16-18-19-17-13)15-12-6-10(7-12)9-2-4-11(14)5-3-9/h2-5,8,10,12,15H,6-7H2,1H3,(H,16,17,18,19). The summed E-state index contributed by atoms with van der Waals surface area (Å²) in [5, 5.41) is 18.3. The van der Waals surface area contributed by atoms with E-state index >= 15 is 0 Å². The van der Waals surface area contributed by atoms with E-state index in [1.54, 1.807) is 0 Å². The van der Waals surface area contributed by atoms with E-state index in [-0.39, 0.29) is 6.04 Å². The van der Waals surface area contributed by atoms with E-state index in [0.717, 1.165) is 23.7 Å². The minimum absolute atomic E-state index is 0.134. The van der Waals surface area contributed by atoms with E-state index in [2.05, 4.69) is 45.0 Å². The summed E-state index contributed by atoms with van der Waals surface area (Å²) in [6.07, 6.45) is 2.29. The fourth-order valence-corrected chi connectivity index (χ4v) is 2.67. The molecule has 1 atom stereocenters. The topological polar surface area (TPSA) is 66.5 Å². The van der Waals surface area contributed by atoms with Crippen LogP contribution in [0.15, 0.2) is 24.3 Å². The lowest BCUT2D eigenvalue weighted by molar-refractivity contribution is 0.267. The zero-order valence-corrected chi connectivity index (χ0v) is 11.4. The van der Waals surface area contributed by atoms with E-state index < -0.39 is 0 Å². The molecule has 1 aliphatic carbocycles. The number of H-pyrrole nitrogens is 1. The first-order valence-electron chi connectivity index (χ1n) is 6.47. The molecule has 0 bridgehead atoms. The first kappa shape index (κ1) is 12.6. The predicted molar refractivity (Wildman–Crippen MR) is 72.9 cm³/mol. The molecule has 5 nitrogen and oxygen atoms in total. The summed E-state index contributed by atoms with van der Waals surface area (Å²) in [7, 11) is 0. The molecule has 2 N–H and O–H groups in total. The van der Waals surface area contributed by atoms with Crippen LogP contribution in [0, 0.1) is 0 Å². The molecule has 3 rings (SSSR count). The van der Waals surface area contributed by atoms with Crippen LogP contribution >= 0.6 is 11.6 Å². The first-order valence-corrected chi connectivity index (χ1v) is 6.85. The maximum atomic E-state index is 5.90. The summed E-state index contributed by atoms with van der Waals surface area (Å²) in [5.41, 5.74) is 1.37. The normalized spacial score (nSPS) is 23.9. The minimum atomic E-state index is 0.134. The number of hydrogen-bond donors (Lipinski definition) is 2. The Bertz CT molecular complexity index is 518. The Labute approximate surface area is 116 Å². The van der Waals surface area contributed by atoms with Crippen molar-refractivity contribution in [2.24, 2.45) is 0 Å². The van der Waals surface area contributed by atoms with Crippen LogP contribution in [0.25, 0.3) is 0 Å². The summed E-state index contributed by atoms with van der Waals surface area (Å²) in [6, 6.07) is 8.81. The first-order chi connectivity index (χ1) is 9.22. The van der Waals surface area contributed by atoms with Gasteiger partial charge >= 0.3 is 0 Å². The molecule has 0 aliphatic heterocycles. The SMILES string of the molecule is CC(NC1CC(c2ccc(Cl)cc2)C1)c1nn[nH]n1. The number of rotatable bonds is 4. The zero-order chi connectivity index (χ0) is 13.2. The number of benzene rings is 1. The lowest BCUT2D eigenvalue weighted by Crippen LogP contribution is -2.41. The maximum Gasteiger partial charge on any atom is 0.191 e. The van der Waals surface area contributed by atoms with Gasteiger partial charge in [0.15, 0.2) is 5.82 Å². The van der Waals surface area contributed by atoms with Crippen LogP contribution in [-0.2, 0) is 0 Å². The van der Waals surface area contributed by atoms with Crippen LogP contribution in [0.5, 0.6) is 0 Å². The lowest BCUT2D eigenvalue weighted by Gasteiger charge is -2.37. The van der Waals surface area contributed by atoms with Gasteiger partial charge in [0, 0.05) is 11.1 Å². The monoisotopic (exact) mass is 277 g/mol. The average Bonchev–Trinajstić information content (AvgIpc) is 2.88. The quantitative estimate of drug-likeness (QED) is 0.901. The van der Waals surface area contributed by atoms with Crippen molar-refractivity contribution < 1.29 is 0 Å². The second-order valence-corrected chi connectivity index (χ2v) is 5.51. The number of nitrogens with zero attached hydrogens (tertiary/aromatic N) is 3. The van der Waals surface area contributed by atoms with Crippen molar-refractivity contribution >= 4 is 11.6 Å². The van der Waals surface area contributed by atoms with Crippen molar-refractivity contribution in [2.75, 3.05) is 0 Å². The van der Waals surface area contributed by atoms with E-state index in [0.29, 0.717) is 12.0 Å². The van der Waals surface area contributed by atoms with Crippen LogP contribution in [0.3, 0.4) is 0 Å². The van der Waals surface area contributed by atoms with Gasteiger partial charge in [0.05, 0.1) is 6.04 Å². The van der Waals surface area contributed by atoms with Crippen LogP contribution < -0.4 is 5.32 Å². The molecule has 1 saturated carbocycles. The van der Waals surface area contributed by atoms with Gasteiger partial charge < -0.3 is 5.32 Å². The zero-order valence-electron chi connectivity index (χ0n) is 10.7. The number of aromatic nitrogens is 4. The maximum absolute atomic E-state index is 5.90. The van der Waals surface area contributed by atoms with Crippen molar-refractivity contribution in [1.82, 2.24) is 25.9 Å². The Morgan fingerprint density at radius 2 is 2.05 bits per heavy atom. The third-order valence-electron chi connectivity index (χ3n) is 3.71. The van der Waals surface area contributed by atoms with E-state index in [1.807, 2.05) is 12.1 Å². The largest absolute Gasteiger partial charge is 0.305 e. The Hall–Kier alpha value is -1.46. The third kappa shape index (κ3) is 2.77. The van der Waals surface area contributed by atoms with Crippen molar-refractivity contribution in [2.45, 2.75) is 37.8 Å². The summed E-state index contributed by atoms with van der Waals surface area (Å²) in [4.78, 5) is 0. The van der Waals surface area contributed by atoms with Gasteiger partial charge in [0.2, 0.25) is 0 Å². The van der Waals surface area contributed by atoms with Gasteiger partial charge in [0.25, 0.3) is 0 Å². The van der Waals surface area contributed by atoms with Gasteiger partial charge in [-0.2, -0.15) is 5.21 Å². The van der Waals surface area contributed by atoms with Crippen molar-refractivity contribution in [1.29, 1.82) is 0 Å². The molecule has 0 amide bonds. The van der Waals surface area contributed by atoms with Gasteiger partial charge in [0.1, 0.15) is 0 Å². The summed E-state index contributed by atoms with van der Waals surface area (Å²) in [6.45, 7) is 2.06. The molecule has 19 heavy (non-hydrogen) atoms. The molecule has 2 aromatic rings. The molecule has 1 heterocycles. The number of nitrogens with one attached hydrogen (secondary N) is 2. The van der Waals surface area contributed by atoms with Gasteiger partial charge in [-0.15, -0.1) is 10.2 Å². The van der Waals surface area contributed by atoms with E-state index in [9.17, 15) is 0 Å². The Morgan fingerprint density at radius 1 is 1.32 bits per heavy atom. The summed E-state index contributed by atoms with van der Waals surface area (Å²) in [5.74, 6) is 1.35. The molecule has 1 aliphatic rings. The van der Waals surface area contributed by atoms with Crippen LogP contribution in [-0.4, -0.2) is 26.7 Å². The molecule has 1 aromatic heterocycles. The van der Waals surface area contributed by atoms with Crippen molar-refractivity contribution in [3.63, 3.8) is 0 Å². The van der Waals surface area contributed by atoms with Gasteiger partial charge in [-0.05, 0) is 43.4 Å². The third-order valence-corrected chi connectivity index (χ3v) is 3.97. The highest BCUT2D eigenvalue weighted by Crippen LogP contribution is 2.38. The highest BCUT2D eigenvalue weighted by atomic mass is 35.5. The Balaban J connectivity index is 1.51. The van der Waals surface area contributed by atoms with Gasteiger partial charge in [-0.1, -0.05) is 28.9 Å². The van der Waals surface area contributed by atoms with Gasteiger partial charge in [-0.25, -0.2) is 0 Å². The molecule has 0 spiro atoms. The smallest absolute Gasteiger partial charge is 0.191 e. The molecule has 1 fully saturated rings. The van der Waals surface area contributed by atoms with Crippen LogP contribution in [0.4, 0.5) is 0 Å². The molecular formula is C13H16ClN5. The Morgan fingerprint density at radius 3 is 2.68 bits per heavy atom. The highest BCUT2D eigenvalue weighted by molar-refractivity contribution is 6.30. The van der Waals surface area contributed by atoms with Crippen LogP contribution in [0.1, 0.15) is 43.1 Å². The summed E-state index contributed by atoms with van der Waals surface area (Å²) < 4.78 is 0.